The molecular formula is C17H23FN2O5S2. The lowest BCUT2D eigenvalue weighted by Gasteiger charge is -2.47. The van der Waals surface area contributed by atoms with Gasteiger partial charge in [0.25, 0.3) is 0 Å². The zero-order chi connectivity index (χ0) is 19.3. The predicted molar refractivity (Wildman–Crippen MR) is 97.5 cm³/mol. The zero-order valence-corrected chi connectivity index (χ0v) is 16.5. The van der Waals surface area contributed by atoms with E-state index in [1.54, 1.807) is 18.4 Å². The van der Waals surface area contributed by atoms with E-state index in [1.165, 1.54) is 0 Å². The molecule has 1 aliphatic heterocycles. The Kier molecular flexibility index (Phi) is 4.94. The fourth-order valence-electron chi connectivity index (χ4n) is 4.87. The number of thiophene rings is 1. The van der Waals surface area contributed by atoms with Crippen LogP contribution in [0.25, 0.3) is 0 Å². The molecule has 4 rings (SSSR count). The first-order valence-corrected chi connectivity index (χ1v) is 11.3. The van der Waals surface area contributed by atoms with Crippen molar-refractivity contribution in [2.24, 2.45) is 11.8 Å². The van der Waals surface area contributed by atoms with E-state index >= 15 is 4.39 Å². The third-order valence-corrected chi connectivity index (χ3v) is 8.80. The fraction of sp³-hybridized carbons (Fsp3) is 0.706. The van der Waals surface area contributed by atoms with E-state index in [4.69, 9.17) is 4.74 Å². The van der Waals surface area contributed by atoms with Gasteiger partial charge in [0.2, 0.25) is 5.91 Å². The van der Waals surface area contributed by atoms with Gasteiger partial charge in [-0.1, -0.05) is 0 Å². The molecule has 2 aliphatic carbocycles. The number of carbonyl (C=O) groups is 1. The molecule has 2 N–H and O–H groups in total. The highest BCUT2D eigenvalue weighted by molar-refractivity contribution is 7.88. The first-order chi connectivity index (χ1) is 12.8. The van der Waals surface area contributed by atoms with Crippen LogP contribution in [0.15, 0.2) is 12.1 Å². The zero-order valence-electron chi connectivity index (χ0n) is 14.9. The molecule has 0 bridgehead atoms. The molecule has 27 heavy (non-hydrogen) atoms. The van der Waals surface area contributed by atoms with Crippen molar-refractivity contribution in [3.63, 3.8) is 0 Å². The largest absolute Gasteiger partial charge is 0.487 e. The quantitative estimate of drug-likeness (QED) is 0.774. The molecule has 3 fully saturated rings. The molecule has 2 heterocycles. The Bertz CT molecular complexity index is 829. The number of methoxy groups -OCH3 is 1. The van der Waals surface area contributed by atoms with Crippen molar-refractivity contribution in [3.8, 4) is 5.06 Å². The highest BCUT2D eigenvalue weighted by Crippen LogP contribution is 2.50. The Morgan fingerprint density at radius 1 is 1.33 bits per heavy atom. The number of nitrogens with zero attached hydrogens (tertiary/aromatic N) is 1. The summed E-state index contributed by atoms with van der Waals surface area (Å²) in [6.45, 7) is -0.437. The van der Waals surface area contributed by atoms with Gasteiger partial charge in [0, 0.05) is 4.88 Å². The number of ether oxygens (including phenoxy) is 1. The average Bonchev–Trinajstić information content (AvgIpc) is 3.19. The van der Waals surface area contributed by atoms with Crippen LogP contribution in [0.1, 0.15) is 36.5 Å². The van der Waals surface area contributed by atoms with Crippen LogP contribution in [0, 0.1) is 11.8 Å². The molecule has 6 atom stereocenters. The number of alkyl halides is 1. The summed E-state index contributed by atoms with van der Waals surface area (Å²) in [5.41, 5.74) is 0. The van der Waals surface area contributed by atoms with Crippen LogP contribution < -0.4 is 9.46 Å². The van der Waals surface area contributed by atoms with E-state index in [1.807, 2.05) is 16.9 Å². The minimum atomic E-state index is -4.09. The van der Waals surface area contributed by atoms with E-state index < -0.39 is 41.0 Å². The molecule has 7 nitrogen and oxygen atoms in total. The van der Waals surface area contributed by atoms with Crippen LogP contribution in [-0.2, 0) is 15.0 Å². The molecule has 1 aromatic rings. The Labute approximate surface area is 161 Å². The highest BCUT2D eigenvalue weighted by atomic mass is 32.2. The number of aliphatic hydroxyl groups is 1. The first kappa shape index (κ1) is 19.1. The Morgan fingerprint density at radius 2 is 2.11 bits per heavy atom. The summed E-state index contributed by atoms with van der Waals surface area (Å²) in [5.74, 6) is -0.803. The fourth-order valence-corrected chi connectivity index (χ4v) is 7.17. The second kappa shape index (κ2) is 6.98. The topological polar surface area (TPSA) is 95.9 Å². The number of amides is 1. The maximum atomic E-state index is 15.5. The Morgan fingerprint density at radius 3 is 2.74 bits per heavy atom. The summed E-state index contributed by atoms with van der Waals surface area (Å²) in [4.78, 5) is 12.7. The molecule has 2 saturated carbocycles. The van der Waals surface area contributed by atoms with E-state index in [0.717, 1.165) is 27.1 Å². The van der Waals surface area contributed by atoms with Crippen molar-refractivity contribution in [2.45, 2.75) is 49.9 Å². The van der Waals surface area contributed by atoms with Gasteiger partial charge in [-0.05, 0) is 55.6 Å². The number of nitrogens with one attached hydrogen (secondary N) is 1. The number of hydrogen-bond donors (Lipinski definition) is 2. The van der Waals surface area contributed by atoms with Gasteiger partial charge >= 0.3 is 10.2 Å². The van der Waals surface area contributed by atoms with Crippen molar-refractivity contribution in [3.05, 3.63) is 17.0 Å². The SMILES string of the molecule is COc1ccc(C2CCC3CC(O)C(N4CC(=O)NS4(=O)=O)C(F)C3C2)s1. The molecule has 150 valence electrons. The molecule has 0 aromatic carbocycles. The van der Waals surface area contributed by atoms with Gasteiger partial charge < -0.3 is 9.84 Å². The smallest absolute Gasteiger partial charge is 0.304 e. The monoisotopic (exact) mass is 418 g/mol. The standard InChI is InChI=1S/C17H23FN2O5S2/c1-25-15-5-4-13(26-15)10-3-2-9-7-12(21)17(16(18)11(9)6-10)20-8-14(22)19-27(20,23)24/h4-5,9-12,16-17,21H,2-3,6-8H2,1H3,(H,19,22). The third kappa shape index (κ3) is 3.37. The van der Waals surface area contributed by atoms with Gasteiger partial charge in [0.1, 0.15) is 6.17 Å². The highest BCUT2D eigenvalue weighted by Gasteiger charge is 2.53. The predicted octanol–water partition coefficient (Wildman–Crippen LogP) is 1.40. The second-order valence-corrected chi connectivity index (χ2v) is 10.3. The van der Waals surface area contributed by atoms with Gasteiger partial charge in [0.05, 0.1) is 25.8 Å². The molecular weight excluding hydrogens is 395 g/mol. The lowest BCUT2D eigenvalue weighted by molar-refractivity contribution is -0.119. The lowest BCUT2D eigenvalue weighted by atomic mass is 9.64. The number of halogens is 1. The first-order valence-electron chi connectivity index (χ1n) is 9.08. The van der Waals surface area contributed by atoms with Crippen molar-refractivity contribution in [1.29, 1.82) is 0 Å². The van der Waals surface area contributed by atoms with Gasteiger partial charge in [0.15, 0.2) is 5.06 Å². The van der Waals surface area contributed by atoms with Crippen LogP contribution in [0.4, 0.5) is 4.39 Å². The Balaban J connectivity index is 1.56. The van der Waals surface area contributed by atoms with Gasteiger partial charge in [-0.15, -0.1) is 11.3 Å². The van der Waals surface area contributed by atoms with Crippen molar-refractivity contribution < 1.29 is 27.4 Å². The summed E-state index contributed by atoms with van der Waals surface area (Å²) in [5, 5.41) is 11.3. The summed E-state index contributed by atoms with van der Waals surface area (Å²) in [7, 11) is -2.47. The lowest BCUT2D eigenvalue weighted by Crippen LogP contribution is -2.58. The van der Waals surface area contributed by atoms with Gasteiger partial charge in [-0.3, -0.25) is 4.79 Å². The Hall–Kier alpha value is -1.23. The van der Waals surface area contributed by atoms with Gasteiger partial charge in [-0.2, -0.15) is 12.7 Å². The summed E-state index contributed by atoms with van der Waals surface area (Å²) in [6, 6.07) is 2.69. The number of carbonyl (C=O) groups excluding carboxylic acids is 1. The van der Waals surface area contributed by atoms with E-state index in [9.17, 15) is 18.3 Å². The summed E-state index contributed by atoms with van der Waals surface area (Å²) in [6.07, 6.45) is 0.0541. The van der Waals surface area contributed by atoms with Gasteiger partial charge in [-0.25, -0.2) is 9.11 Å². The molecule has 1 amide bonds. The summed E-state index contributed by atoms with van der Waals surface area (Å²) >= 11 is 1.55. The van der Waals surface area contributed by atoms with Crippen molar-refractivity contribution in [1.82, 2.24) is 9.03 Å². The van der Waals surface area contributed by atoms with Crippen LogP contribution in [0.5, 0.6) is 5.06 Å². The minimum absolute atomic E-state index is 0.0262. The number of aliphatic hydroxyl groups excluding tert-OH is 1. The van der Waals surface area contributed by atoms with E-state index in [-0.39, 0.29) is 17.8 Å². The average molecular weight is 419 g/mol. The van der Waals surface area contributed by atoms with Crippen LogP contribution in [0.2, 0.25) is 0 Å². The van der Waals surface area contributed by atoms with E-state index in [2.05, 4.69) is 0 Å². The normalized spacial score (nSPS) is 39.0. The van der Waals surface area contributed by atoms with Crippen molar-refractivity contribution in [2.75, 3.05) is 13.7 Å². The molecule has 6 unspecified atom stereocenters. The molecule has 1 aromatic heterocycles. The third-order valence-electron chi connectivity index (χ3n) is 6.11. The molecule has 1 saturated heterocycles. The minimum Gasteiger partial charge on any atom is -0.487 e. The molecule has 0 radical (unpaired) electrons. The molecule has 3 aliphatic rings. The number of hydrogen-bond acceptors (Lipinski definition) is 6. The maximum Gasteiger partial charge on any atom is 0.304 e. The number of rotatable bonds is 3. The maximum absolute atomic E-state index is 15.5. The van der Waals surface area contributed by atoms with Crippen molar-refractivity contribution >= 4 is 27.5 Å². The van der Waals surface area contributed by atoms with Crippen LogP contribution in [0.3, 0.4) is 0 Å². The van der Waals surface area contributed by atoms with Crippen LogP contribution >= 0.6 is 11.3 Å². The van der Waals surface area contributed by atoms with E-state index in [0.29, 0.717) is 12.8 Å². The van der Waals surface area contributed by atoms with Crippen LogP contribution in [-0.4, -0.2) is 55.7 Å². The summed E-state index contributed by atoms with van der Waals surface area (Å²) < 4.78 is 47.7. The molecule has 0 spiro atoms. The second-order valence-electron chi connectivity index (χ2n) is 7.61. The number of fused-ring (bicyclic) bond motifs is 1. The molecule has 10 heteroatoms.